The van der Waals surface area contributed by atoms with Crippen LogP contribution in [-0.4, -0.2) is 35.0 Å². The molecule has 0 atom stereocenters. The van der Waals surface area contributed by atoms with Crippen molar-refractivity contribution in [2.24, 2.45) is 0 Å². The Bertz CT molecular complexity index is 123. The molecule has 0 amide bonds. The Balaban J connectivity index is 3.62. The van der Waals surface area contributed by atoms with Crippen LogP contribution in [0.25, 0.3) is 0 Å². The first-order valence-corrected chi connectivity index (χ1v) is 6.98. The van der Waals surface area contributed by atoms with Gasteiger partial charge in [0.05, 0.1) is 0 Å². The molecule has 0 aliphatic heterocycles. The topological polar surface area (TPSA) is 3.24 Å². The first-order valence-electron chi connectivity index (χ1n) is 5.93. The summed E-state index contributed by atoms with van der Waals surface area (Å²) in [6.45, 7) is 13.9. The number of thioether (sulfide) groups is 1. The second kappa shape index (κ2) is 8.60. The summed E-state index contributed by atoms with van der Waals surface area (Å²) in [5, 5.41) is 0.773. The van der Waals surface area contributed by atoms with E-state index in [0.717, 1.165) is 5.25 Å². The minimum absolute atomic E-state index is 0.703. The third kappa shape index (κ3) is 7.69. The molecule has 86 valence electrons. The maximum absolute atomic E-state index is 2.60. The van der Waals surface area contributed by atoms with Crippen molar-refractivity contribution in [3.8, 4) is 0 Å². The van der Waals surface area contributed by atoms with Gasteiger partial charge in [0.1, 0.15) is 0 Å². The lowest BCUT2D eigenvalue weighted by Gasteiger charge is -2.26. The number of rotatable bonds is 8. The van der Waals surface area contributed by atoms with Gasteiger partial charge >= 0.3 is 0 Å². The smallest absolute Gasteiger partial charge is 0.00751 e. The molecule has 0 aliphatic carbocycles. The van der Waals surface area contributed by atoms with E-state index < -0.39 is 0 Å². The molecule has 0 fully saturated rings. The predicted molar refractivity (Wildman–Crippen MR) is 69.2 cm³/mol. The molecule has 0 aliphatic rings. The molecule has 0 saturated heterocycles. The fourth-order valence-electron chi connectivity index (χ4n) is 1.40. The Kier molecular flexibility index (Phi) is 8.80. The predicted octanol–water partition coefficient (Wildman–Crippen LogP) is 3.64. The molecular formula is C12H27NS. The standard InChI is InChI=1S/C12H27NS/c1-6-7-8-13(11(2)3)9-10-14-12(4)5/h11-12H,6-10H2,1-5H3. The lowest BCUT2D eigenvalue weighted by atomic mass is 10.2. The summed E-state index contributed by atoms with van der Waals surface area (Å²) in [6, 6.07) is 0.703. The Morgan fingerprint density at radius 1 is 1.07 bits per heavy atom. The Morgan fingerprint density at radius 2 is 1.71 bits per heavy atom. The summed E-state index contributed by atoms with van der Waals surface area (Å²) in [5.41, 5.74) is 0. The molecule has 0 aromatic rings. The van der Waals surface area contributed by atoms with Gasteiger partial charge in [-0.15, -0.1) is 0 Å². The van der Waals surface area contributed by atoms with E-state index in [1.165, 1.54) is 31.7 Å². The van der Waals surface area contributed by atoms with Gasteiger partial charge in [0, 0.05) is 18.3 Å². The van der Waals surface area contributed by atoms with Gasteiger partial charge in [0.2, 0.25) is 0 Å². The molecule has 0 bridgehead atoms. The minimum atomic E-state index is 0.703. The first kappa shape index (κ1) is 14.3. The summed E-state index contributed by atoms with van der Waals surface area (Å²) in [7, 11) is 0. The van der Waals surface area contributed by atoms with E-state index in [4.69, 9.17) is 0 Å². The van der Waals surface area contributed by atoms with Gasteiger partial charge in [-0.05, 0) is 32.1 Å². The largest absolute Gasteiger partial charge is 0.300 e. The molecule has 0 aromatic carbocycles. The van der Waals surface area contributed by atoms with Gasteiger partial charge in [-0.1, -0.05) is 27.2 Å². The van der Waals surface area contributed by atoms with Crippen LogP contribution in [0.4, 0.5) is 0 Å². The number of hydrogen-bond acceptors (Lipinski definition) is 2. The van der Waals surface area contributed by atoms with E-state index in [1.54, 1.807) is 0 Å². The molecular weight excluding hydrogens is 190 g/mol. The number of unbranched alkanes of at least 4 members (excludes halogenated alkanes) is 1. The maximum atomic E-state index is 2.60. The molecule has 0 unspecified atom stereocenters. The van der Waals surface area contributed by atoms with E-state index in [9.17, 15) is 0 Å². The van der Waals surface area contributed by atoms with Crippen LogP contribution in [0.3, 0.4) is 0 Å². The van der Waals surface area contributed by atoms with E-state index in [0.29, 0.717) is 6.04 Å². The van der Waals surface area contributed by atoms with E-state index >= 15 is 0 Å². The quantitative estimate of drug-likeness (QED) is 0.611. The third-order valence-electron chi connectivity index (χ3n) is 2.36. The average molecular weight is 217 g/mol. The van der Waals surface area contributed by atoms with Crippen LogP contribution in [-0.2, 0) is 0 Å². The molecule has 1 nitrogen and oxygen atoms in total. The minimum Gasteiger partial charge on any atom is -0.300 e. The first-order chi connectivity index (χ1) is 6.57. The van der Waals surface area contributed by atoms with Crippen molar-refractivity contribution in [1.29, 1.82) is 0 Å². The van der Waals surface area contributed by atoms with Crippen molar-refractivity contribution in [2.45, 2.75) is 58.8 Å². The van der Waals surface area contributed by atoms with Crippen LogP contribution < -0.4 is 0 Å². The van der Waals surface area contributed by atoms with Crippen LogP contribution in [0, 0.1) is 0 Å². The zero-order valence-electron chi connectivity index (χ0n) is 10.5. The molecule has 0 radical (unpaired) electrons. The zero-order chi connectivity index (χ0) is 11.0. The van der Waals surface area contributed by atoms with Crippen LogP contribution >= 0.6 is 11.8 Å². The molecule has 0 rings (SSSR count). The number of hydrogen-bond donors (Lipinski definition) is 0. The third-order valence-corrected chi connectivity index (χ3v) is 3.44. The molecule has 0 aromatic heterocycles. The molecule has 0 N–H and O–H groups in total. The summed E-state index contributed by atoms with van der Waals surface area (Å²) in [4.78, 5) is 2.60. The highest BCUT2D eigenvalue weighted by Crippen LogP contribution is 2.10. The second-order valence-corrected chi connectivity index (χ2v) is 6.09. The van der Waals surface area contributed by atoms with Crippen molar-refractivity contribution >= 4 is 11.8 Å². The lowest BCUT2D eigenvalue weighted by molar-refractivity contribution is 0.232. The fraction of sp³-hybridized carbons (Fsp3) is 1.00. The Morgan fingerprint density at radius 3 is 2.14 bits per heavy atom. The molecule has 2 heteroatoms. The van der Waals surface area contributed by atoms with Gasteiger partial charge in [-0.25, -0.2) is 0 Å². The molecule has 0 heterocycles. The highest BCUT2D eigenvalue weighted by Gasteiger charge is 2.08. The molecule has 0 spiro atoms. The van der Waals surface area contributed by atoms with Crippen molar-refractivity contribution in [1.82, 2.24) is 4.90 Å². The summed E-state index contributed by atoms with van der Waals surface area (Å²) >= 11 is 2.07. The van der Waals surface area contributed by atoms with Crippen molar-refractivity contribution < 1.29 is 0 Å². The van der Waals surface area contributed by atoms with Gasteiger partial charge in [0.25, 0.3) is 0 Å². The SMILES string of the molecule is CCCCN(CCSC(C)C)C(C)C. The van der Waals surface area contributed by atoms with Gasteiger partial charge < -0.3 is 4.90 Å². The van der Waals surface area contributed by atoms with E-state index in [1.807, 2.05) is 0 Å². The number of nitrogens with zero attached hydrogens (tertiary/aromatic N) is 1. The van der Waals surface area contributed by atoms with Gasteiger partial charge in [0.15, 0.2) is 0 Å². The zero-order valence-corrected chi connectivity index (χ0v) is 11.4. The average Bonchev–Trinajstić information content (AvgIpc) is 2.09. The summed E-state index contributed by atoms with van der Waals surface area (Å²) in [6.07, 6.45) is 2.64. The van der Waals surface area contributed by atoms with Crippen LogP contribution in [0.15, 0.2) is 0 Å². The highest BCUT2D eigenvalue weighted by molar-refractivity contribution is 7.99. The van der Waals surface area contributed by atoms with Crippen LogP contribution in [0.2, 0.25) is 0 Å². The summed E-state index contributed by atoms with van der Waals surface area (Å²) < 4.78 is 0. The second-order valence-electron chi connectivity index (χ2n) is 4.40. The Labute approximate surface area is 94.6 Å². The van der Waals surface area contributed by atoms with Crippen molar-refractivity contribution in [3.05, 3.63) is 0 Å². The van der Waals surface area contributed by atoms with Crippen LogP contribution in [0.5, 0.6) is 0 Å². The highest BCUT2D eigenvalue weighted by atomic mass is 32.2. The van der Waals surface area contributed by atoms with E-state index in [2.05, 4.69) is 51.3 Å². The molecule has 14 heavy (non-hydrogen) atoms. The Hall–Kier alpha value is 0.310. The van der Waals surface area contributed by atoms with Crippen molar-refractivity contribution in [3.63, 3.8) is 0 Å². The van der Waals surface area contributed by atoms with Crippen LogP contribution in [0.1, 0.15) is 47.5 Å². The maximum Gasteiger partial charge on any atom is 0.00751 e. The van der Waals surface area contributed by atoms with Crippen molar-refractivity contribution in [2.75, 3.05) is 18.8 Å². The van der Waals surface area contributed by atoms with E-state index in [-0.39, 0.29) is 0 Å². The lowest BCUT2D eigenvalue weighted by Crippen LogP contribution is -2.33. The van der Waals surface area contributed by atoms with Gasteiger partial charge in [-0.2, -0.15) is 11.8 Å². The summed E-state index contributed by atoms with van der Waals surface area (Å²) in [5.74, 6) is 1.28. The molecule has 0 saturated carbocycles. The normalized spacial score (nSPS) is 12.0. The monoisotopic (exact) mass is 217 g/mol. The van der Waals surface area contributed by atoms with Gasteiger partial charge in [-0.3, -0.25) is 0 Å². The fourth-order valence-corrected chi connectivity index (χ4v) is 2.21.